The molecule has 0 N–H and O–H groups in total. The lowest BCUT2D eigenvalue weighted by atomic mass is 9.94. The van der Waals surface area contributed by atoms with Crippen LogP contribution in [0.15, 0.2) is 59.3 Å². The van der Waals surface area contributed by atoms with Crippen LogP contribution in [0.5, 0.6) is 0 Å². The number of rotatable bonds is 3. The number of carbonyl (C=O) groups excluding carboxylic acids is 1. The van der Waals surface area contributed by atoms with E-state index in [9.17, 15) is 9.18 Å². The summed E-state index contributed by atoms with van der Waals surface area (Å²) in [6, 6.07) is 11.4. The molecule has 0 radical (unpaired) electrons. The summed E-state index contributed by atoms with van der Waals surface area (Å²) >= 11 is 0. The van der Waals surface area contributed by atoms with Gasteiger partial charge in [-0.1, -0.05) is 0 Å². The molecule has 0 saturated carbocycles. The fourth-order valence-corrected chi connectivity index (χ4v) is 3.30. The zero-order valence-electron chi connectivity index (χ0n) is 14.1. The van der Waals surface area contributed by atoms with E-state index < -0.39 is 0 Å². The minimum Gasteiger partial charge on any atom is -0.459 e. The molecule has 3 aromatic rings. The molecule has 1 unspecified atom stereocenters. The third-order valence-electron chi connectivity index (χ3n) is 4.64. The van der Waals surface area contributed by atoms with Gasteiger partial charge in [0.15, 0.2) is 11.6 Å². The number of piperidine rings is 1. The van der Waals surface area contributed by atoms with Crippen molar-refractivity contribution in [3.05, 3.63) is 72.2 Å². The Labute approximate surface area is 150 Å². The van der Waals surface area contributed by atoms with Gasteiger partial charge in [-0.3, -0.25) is 4.79 Å². The summed E-state index contributed by atoms with van der Waals surface area (Å²) in [5.41, 5.74) is 1.67. The minimum atomic E-state index is -0.288. The van der Waals surface area contributed by atoms with Gasteiger partial charge in [-0.15, -0.1) is 0 Å². The highest BCUT2D eigenvalue weighted by atomic mass is 19.1. The molecule has 0 bridgehead atoms. The van der Waals surface area contributed by atoms with E-state index in [4.69, 9.17) is 4.42 Å². The average molecular weight is 351 g/mol. The molecular formula is C20H18FN3O2. The van der Waals surface area contributed by atoms with Gasteiger partial charge in [0.05, 0.1) is 6.26 Å². The Balaban J connectivity index is 1.54. The van der Waals surface area contributed by atoms with Crippen LogP contribution in [-0.4, -0.2) is 33.9 Å². The maximum absolute atomic E-state index is 13.1. The Morgan fingerprint density at radius 1 is 1.19 bits per heavy atom. The average Bonchev–Trinajstić information content (AvgIpc) is 3.23. The summed E-state index contributed by atoms with van der Waals surface area (Å²) in [6.45, 7) is 1.31. The standard InChI is InChI=1S/C20H18FN3O2/c21-16-7-5-14(6-8-16)19-22-10-9-17(23-19)15-3-1-11-24(13-15)20(25)18-4-2-12-26-18/h2,4-10,12,15H,1,3,11,13H2. The lowest BCUT2D eigenvalue weighted by molar-refractivity contribution is 0.0673. The molecule has 4 rings (SSSR count). The maximum atomic E-state index is 13.1. The van der Waals surface area contributed by atoms with Crippen LogP contribution in [0.4, 0.5) is 4.39 Å². The molecule has 1 aliphatic rings. The second-order valence-corrected chi connectivity index (χ2v) is 6.38. The highest BCUT2D eigenvalue weighted by Crippen LogP contribution is 2.27. The van der Waals surface area contributed by atoms with E-state index in [-0.39, 0.29) is 17.6 Å². The fourth-order valence-electron chi connectivity index (χ4n) is 3.30. The molecule has 1 fully saturated rings. The van der Waals surface area contributed by atoms with Crippen LogP contribution in [-0.2, 0) is 0 Å². The smallest absolute Gasteiger partial charge is 0.289 e. The molecule has 26 heavy (non-hydrogen) atoms. The second kappa shape index (κ2) is 7.07. The monoisotopic (exact) mass is 351 g/mol. The first-order valence-corrected chi connectivity index (χ1v) is 8.62. The zero-order valence-corrected chi connectivity index (χ0v) is 14.1. The number of aromatic nitrogens is 2. The van der Waals surface area contributed by atoms with Gasteiger partial charge in [0.1, 0.15) is 5.82 Å². The second-order valence-electron chi connectivity index (χ2n) is 6.38. The van der Waals surface area contributed by atoms with Crippen molar-refractivity contribution in [3.63, 3.8) is 0 Å². The molecule has 5 nitrogen and oxygen atoms in total. The van der Waals surface area contributed by atoms with Crippen molar-refractivity contribution in [2.75, 3.05) is 13.1 Å². The van der Waals surface area contributed by atoms with Gasteiger partial charge in [-0.2, -0.15) is 0 Å². The van der Waals surface area contributed by atoms with Crippen molar-refractivity contribution in [3.8, 4) is 11.4 Å². The third kappa shape index (κ3) is 3.35. The first kappa shape index (κ1) is 16.4. The molecule has 1 aliphatic heterocycles. The van der Waals surface area contributed by atoms with Crippen LogP contribution in [0.2, 0.25) is 0 Å². The molecule has 1 amide bonds. The Hall–Kier alpha value is -3.02. The lowest BCUT2D eigenvalue weighted by Gasteiger charge is -2.32. The van der Waals surface area contributed by atoms with E-state index >= 15 is 0 Å². The van der Waals surface area contributed by atoms with Crippen molar-refractivity contribution >= 4 is 5.91 Å². The fraction of sp³-hybridized carbons (Fsp3) is 0.250. The van der Waals surface area contributed by atoms with E-state index in [0.717, 1.165) is 24.1 Å². The van der Waals surface area contributed by atoms with E-state index in [1.807, 2.05) is 11.0 Å². The molecule has 132 valence electrons. The molecule has 3 heterocycles. The first-order chi connectivity index (χ1) is 12.7. The van der Waals surface area contributed by atoms with Crippen LogP contribution in [0.25, 0.3) is 11.4 Å². The molecule has 0 aliphatic carbocycles. The van der Waals surface area contributed by atoms with E-state index in [0.29, 0.717) is 24.7 Å². The predicted molar refractivity (Wildman–Crippen MR) is 94.0 cm³/mol. The van der Waals surface area contributed by atoms with Gasteiger partial charge < -0.3 is 9.32 Å². The Kier molecular flexibility index (Phi) is 4.48. The first-order valence-electron chi connectivity index (χ1n) is 8.62. The number of halogens is 1. The Bertz CT molecular complexity index is 894. The lowest BCUT2D eigenvalue weighted by Crippen LogP contribution is -2.39. The van der Waals surface area contributed by atoms with Crippen molar-refractivity contribution in [1.29, 1.82) is 0 Å². The number of hydrogen-bond donors (Lipinski definition) is 0. The highest BCUT2D eigenvalue weighted by molar-refractivity contribution is 5.91. The van der Waals surface area contributed by atoms with Crippen molar-refractivity contribution in [1.82, 2.24) is 14.9 Å². The number of benzene rings is 1. The topological polar surface area (TPSA) is 59.2 Å². The predicted octanol–water partition coefficient (Wildman–Crippen LogP) is 3.90. The van der Waals surface area contributed by atoms with Gasteiger partial charge in [0, 0.05) is 36.5 Å². The van der Waals surface area contributed by atoms with Crippen LogP contribution >= 0.6 is 0 Å². The number of likely N-dealkylation sites (tertiary alicyclic amines) is 1. The quantitative estimate of drug-likeness (QED) is 0.718. The van der Waals surface area contributed by atoms with E-state index in [2.05, 4.69) is 9.97 Å². The van der Waals surface area contributed by atoms with Crippen molar-refractivity contribution in [2.45, 2.75) is 18.8 Å². The van der Waals surface area contributed by atoms with Gasteiger partial charge in [0.25, 0.3) is 5.91 Å². The number of nitrogens with zero attached hydrogens (tertiary/aromatic N) is 3. The number of carbonyl (C=O) groups is 1. The molecule has 6 heteroatoms. The summed E-state index contributed by atoms with van der Waals surface area (Å²) in [5.74, 6) is 0.693. The maximum Gasteiger partial charge on any atom is 0.289 e. The van der Waals surface area contributed by atoms with Crippen molar-refractivity contribution in [2.24, 2.45) is 0 Å². The molecule has 1 saturated heterocycles. The van der Waals surface area contributed by atoms with Gasteiger partial charge in [0.2, 0.25) is 0 Å². The Morgan fingerprint density at radius 2 is 2.04 bits per heavy atom. The van der Waals surface area contributed by atoms with E-state index in [1.165, 1.54) is 18.4 Å². The molecular weight excluding hydrogens is 333 g/mol. The van der Waals surface area contributed by atoms with Gasteiger partial charge in [-0.25, -0.2) is 14.4 Å². The van der Waals surface area contributed by atoms with Crippen molar-refractivity contribution < 1.29 is 13.6 Å². The van der Waals surface area contributed by atoms with Gasteiger partial charge >= 0.3 is 0 Å². The van der Waals surface area contributed by atoms with Crippen LogP contribution < -0.4 is 0 Å². The van der Waals surface area contributed by atoms with Crippen LogP contribution in [0, 0.1) is 5.82 Å². The molecule has 2 aromatic heterocycles. The SMILES string of the molecule is O=C(c1ccco1)N1CCCC(c2ccnc(-c3ccc(F)cc3)n2)C1. The summed E-state index contributed by atoms with van der Waals surface area (Å²) < 4.78 is 18.4. The Morgan fingerprint density at radius 3 is 2.81 bits per heavy atom. The summed E-state index contributed by atoms with van der Waals surface area (Å²) in [5, 5.41) is 0. The minimum absolute atomic E-state index is 0.0903. The molecule has 1 atom stereocenters. The zero-order chi connectivity index (χ0) is 17.9. The summed E-state index contributed by atoms with van der Waals surface area (Å²) in [6.07, 6.45) is 5.09. The highest BCUT2D eigenvalue weighted by Gasteiger charge is 2.27. The third-order valence-corrected chi connectivity index (χ3v) is 4.64. The number of furan rings is 1. The van der Waals surface area contributed by atoms with Crippen LogP contribution in [0.3, 0.4) is 0 Å². The number of amides is 1. The van der Waals surface area contributed by atoms with E-state index in [1.54, 1.807) is 30.5 Å². The normalized spacial score (nSPS) is 17.3. The summed E-state index contributed by atoms with van der Waals surface area (Å²) in [7, 11) is 0. The van der Waals surface area contributed by atoms with Crippen LogP contribution in [0.1, 0.15) is 35.0 Å². The largest absolute Gasteiger partial charge is 0.459 e. The van der Waals surface area contributed by atoms with Gasteiger partial charge in [-0.05, 0) is 55.3 Å². The molecule has 1 aromatic carbocycles. The number of hydrogen-bond acceptors (Lipinski definition) is 4. The molecule has 0 spiro atoms. The summed E-state index contributed by atoms with van der Waals surface area (Å²) in [4.78, 5) is 23.3.